The van der Waals surface area contributed by atoms with Gasteiger partial charge in [0.15, 0.2) is 0 Å². The number of nitrogens with one attached hydrogen (secondary N) is 1. The van der Waals surface area contributed by atoms with Crippen LogP contribution in [0.3, 0.4) is 0 Å². The fourth-order valence-electron chi connectivity index (χ4n) is 2.32. The molecule has 0 bridgehead atoms. The Hall–Kier alpha value is -2.67. The maximum absolute atomic E-state index is 10.9. The van der Waals surface area contributed by atoms with Crippen LogP contribution >= 0.6 is 0 Å². The quantitative estimate of drug-likeness (QED) is 0.714. The molecule has 7 heteroatoms. The standard InChI is InChI=1S/C18H23N3O4/c1-18(2,21-17(22)23)14-7-5-13(6-8-14)15-11-20-16(12-19-15)25-10-4-9-24-3/h5-8,11-12,21H,4,9-10H2,1-3H3,(H,22,23). The number of aromatic nitrogens is 2. The summed E-state index contributed by atoms with van der Waals surface area (Å²) in [5.74, 6) is 0.475. The molecule has 25 heavy (non-hydrogen) atoms. The minimum absolute atomic E-state index is 0.475. The van der Waals surface area contributed by atoms with Gasteiger partial charge in [-0.05, 0) is 19.4 Å². The third-order valence-corrected chi connectivity index (χ3v) is 3.69. The molecular weight excluding hydrogens is 322 g/mol. The van der Waals surface area contributed by atoms with E-state index in [0.717, 1.165) is 23.2 Å². The minimum atomic E-state index is -1.05. The summed E-state index contributed by atoms with van der Waals surface area (Å²) in [4.78, 5) is 19.5. The first-order valence-corrected chi connectivity index (χ1v) is 7.98. The number of benzene rings is 1. The number of methoxy groups -OCH3 is 1. The van der Waals surface area contributed by atoms with E-state index in [2.05, 4.69) is 15.3 Å². The summed E-state index contributed by atoms with van der Waals surface area (Å²) >= 11 is 0. The number of ether oxygens (including phenoxy) is 2. The molecule has 0 saturated heterocycles. The summed E-state index contributed by atoms with van der Waals surface area (Å²) in [6, 6.07) is 7.54. The summed E-state index contributed by atoms with van der Waals surface area (Å²) in [5, 5.41) is 11.4. The lowest BCUT2D eigenvalue weighted by Gasteiger charge is -2.25. The molecule has 0 saturated carbocycles. The van der Waals surface area contributed by atoms with Crippen molar-refractivity contribution in [1.82, 2.24) is 15.3 Å². The highest BCUT2D eigenvalue weighted by Crippen LogP contribution is 2.24. The zero-order valence-electron chi connectivity index (χ0n) is 14.7. The van der Waals surface area contributed by atoms with Crippen molar-refractivity contribution in [3.8, 4) is 17.1 Å². The van der Waals surface area contributed by atoms with Crippen molar-refractivity contribution in [2.45, 2.75) is 25.8 Å². The van der Waals surface area contributed by atoms with E-state index < -0.39 is 11.6 Å². The molecule has 0 radical (unpaired) electrons. The lowest BCUT2D eigenvalue weighted by molar-refractivity contribution is 0.170. The van der Waals surface area contributed by atoms with Gasteiger partial charge in [-0.15, -0.1) is 0 Å². The largest absolute Gasteiger partial charge is 0.476 e. The number of amides is 1. The van der Waals surface area contributed by atoms with E-state index in [1.165, 1.54) is 0 Å². The average Bonchev–Trinajstić information content (AvgIpc) is 2.58. The predicted molar refractivity (Wildman–Crippen MR) is 93.6 cm³/mol. The fourth-order valence-corrected chi connectivity index (χ4v) is 2.32. The van der Waals surface area contributed by atoms with Gasteiger partial charge in [-0.2, -0.15) is 0 Å². The lowest BCUT2D eigenvalue weighted by atomic mass is 9.93. The Kier molecular flexibility index (Phi) is 6.30. The molecule has 0 aliphatic carbocycles. The smallest absolute Gasteiger partial charge is 0.405 e. The maximum atomic E-state index is 10.9. The van der Waals surface area contributed by atoms with E-state index in [0.29, 0.717) is 19.1 Å². The number of rotatable bonds is 8. The molecule has 1 aromatic carbocycles. The summed E-state index contributed by atoms with van der Waals surface area (Å²) < 4.78 is 10.4. The Labute approximate surface area is 147 Å². The van der Waals surface area contributed by atoms with Gasteiger partial charge in [-0.3, -0.25) is 0 Å². The number of carboxylic acid groups (broad SMARTS) is 1. The first-order valence-electron chi connectivity index (χ1n) is 7.98. The highest BCUT2D eigenvalue weighted by atomic mass is 16.5. The topological polar surface area (TPSA) is 93.6 Å². The van der Waals surface area contributed by atoms with Crippen molar-refractivity contribution in [2.75, 3.05) is 20.3 Å². The first kappa shape index (κ1) is 18.7. The Balaban J connectivity index is 2.03. The molecule has 0 unspecified atom stereocenters. The molecule has 2 N–H and O–H groups in total. The zero-order valence-corrected chi connectivity index (χ0v) is 14.7. The minimum Gasteiger partial charge on any atom is -0.476 e. The number of hydrogen-bond acceptors (Lipinski definition) is 5. The van der Waals surface area contributed by atoms with Crippen LogP contribution in [0.4, 0.5) is 4.79 Å². The molecule has 1 aromatic heterocycles. The fraction of sp³-hybridized carbons (Fsp3) is 0.389. The number of hydrogen-bond donors (Lipinski definition) is 2. The molecule has 0 spiro atoms. The van der Waals surface area contributed by atoms with Crippen LogP contribution in [0.1, 0.15) is 25.8 Å². The highest BCUT2D eigenvalue weighted by Gasteiger charge is 2.22. The summed E-state index contributed by atoms with van der Waals surface area (Å²) in [5.41, 5.74) is 1.81. The third-order valence-electron chi connectivity index (χ3n) is 3.69. The van der Waals surface area contributed by atoms with Crippen LogP contribution in [0.25, 0.3) is 11.3 Å². The van der Waals surface area contributed by atoms with Gasteiger partial charge in [-0.1, -0.05) is 24.3 Å². The van der Waals surface area contributed by atoms with Crippen LogP contribution in [0.2, 0.25) is 0 Å². The Bertz CT molecular complexity index is 684. The molecule has 134 valence electrons. The maximum Gasteiger partial charge on any atom is 0.405 e. The summed E-state index contributed by atoms with van der Waals surface area (Å²) in [7, 11) is 1.65. The van der Waals surface area contributed by atoms with Gasteiger partial charge in [0, 0.05) is 25.7 Å². The van der Waals surface area contributed by atoms with Crippen molar-refractivity contribution in [3.05, 3.63) is 42.2 Å². The van der Waals surface area contributed by atoms with Crippen LogP contribution in [0.15, 0.2) is 36.7 Å². The molecule has 1 heterocycles. The predicted octanol–water partition coefficient (Wildman–Crippen LogP) is 3.06. The van der Waals surface area contributed by atoms with Gasteiger partial charge in [0.1, 0.15) is 0 Å². The van der Waals surface area contributed by atoms with Gasteiger partial charge < -0.3 is 19.9 Å². The molecule has 0 fully saturated rings. The Morgan fingerprint density at radius 3 is 2.44 bits per heavy atom. The average molecular weight is 345 g/mol. The van der Waals surface area contributed by atoms with Crippen molar-refractivity contribution in [3.63, 3.8) is 0 Å². The van der Waals surface area contributed by atoms with Crippen molar-refractivity contribution in [1.29, 1.82) is 0 Å². The monoisotopic (exact) mass is 345 g/mol. The lowest BCUT2D eigenvalue weighted by Crippen LogP contribution is -2.39. The summed E-state index contributed by atoms with van der Waals surface area (Å²) in [6.07, 6.45) is 2.98. The van der Waals surface area contributed by atoms with Crippen LogP contribution in [-0.4, -0.2) is 41.5 Å². The van der Waals surface area contributed by atoms with Gasteiger partial charge in [0.25, 0.3) is 0 Å². The molecule has 2 rings (SSSR count). The second-order valence-electron chi connectivity index (χ2n) is 6.07. The number of carbonyl (C=O) groups is 1. The first-order chi connectivity index (χ1) is 11.9. The van der Waals surface area contributed by atoms with E-state index in [1.54, 1.807) is 19.5 Å². The van der Waals surface area contributed by atoms with E-state index in [1.807, 2.05) is 38.1 Å². The summed E-state index contributed by atoms with van der Waals surface area (Å²) in [6.45, 7) is 4.80. The molecule has 1 amide bonds. The second-order valence-corrected chi connectivity index (χ2v) is 6.07. The molecule has 0 aliphatic heterocycles. The van der Waals surface area contributed by atoms with Crippen LogP contribution < -0.4 is 10.1 Å². The third kappa shape index (κ3) is 5.42. The van der Waals surface area contributed by atoms with Gasteiger partial charge in [-0.25, -0.2) is 14.8 Å². The van der Waals surface area contributed by atoms with Crippen molar-refractivity contribution >= 4 is 6.09 Å². The van der Waals surface area contributed by atoms with Crippen LogP contribution in [0, 0.1) is 0 Å². The van der Waals surface area contributed by atoms with Crippen molar-refractivity contribution in [2.24, 2.45) is 0 Å². The van der Waals surface area contributed by atoms with E-state index >= 15 is 0 Å². The second kappa shape index (κ2) is 8.43. The molecular formula is C18H23N3O4. The zero-order chi connectivity index (χ0) is 18.3. The van der Waals surface area contributed by atoms with E-state index in [9.17, 15) is 4.79 Å². The molecule has 0 aliphatic rings. The van der Waals surface area contributed by atoms with Crippen molar-refractivity contribution < 1.29 is 19.4 Å². The van der Waals surface area contributed by atoms with Gasteiger partial charge >= 0.3 is 6.09 Å². The molecule has 7 nitrogen and oxygen atoms in total. The van der Waals surface area contributed by atoms with Gasteiger partial charge in [0.05, 0.1) is 30.2 Å². The Morgan fingerprint density at radius 2 is 1.88 bits per heavy atom. The van der Waals surface area contributed by atoms with Crippen LogP contribution in [-0.2, 0) is 10.3 Å². The SMILES string of the molecule is COCCCOc1cnc(-c2ccc(C(C)(C)NC(=O)O)cc2)cn1. The number of nitrogens with zero attached hydrogens (tertiary/aromatic N) is 2. The normalized spacial score (nSPS) is 11.2. The Morgan fingerprint density at radius 1 is 1.16 bits per heavy atom. The van der Waals surface area contributed by atoms with E-state index in [-0.39, 0.29) is 0 Å². The molecule has 2 aromatic rings. The van der Waals surface area contributed by atoms with Gasteiger partial charge in [0.2, 0.25) is 5.88 Å². The van der Waals surface area contributed by atoms with Crippen LogP contribution in [0.5, 0.6) is 5.88 Å². The molecule has 0 atom stereocenters. The highest BCUT2D eigenvalue weighted by molar-refractivity contribution is 5.66. The van der Waals surface area contributed by atoms with E-state index in [4.69, 9.17) is 14.6 Å².